The molecule has 1 aliphatic heterocycles. The molecule has 4 rings (SSSR count). The maximum Gasteiger partial charge on any atom is 0.312 e. The number of amides is 2. The van der Waals surface area contributed by atoms with Crippen LogP contribution in [-0.2, 0) is 22.7 Å². The van der Waals surface area contributed by atoms with Crippen LogP contribution in [0, 0.1) is 0 Å². The van der Waals surface area contributed by atoms with Gasteiger partial charge in [0.2, 0.25) is 5.95 Å². The second-order valence-electron chi connectivity index (χ2n) is 7.70. The minimum absolute atomic E-state index is 0.412. The number of hydrogen-bond acceptors (Lipinski definition) is 6. The Morgan fingerprint density at radius 3 is 1.97 bits per heavy atom. The van der Waals surface area contributed by atoms with E-state index < -0.39 is 11.8 Å². The van der Waals surface area contributed by atoms with Crippen LogP contribution in [-0.4, -0.2) is 56.3 Å². The first-order valence-corrected chi connectivity index (χ1v) is 12.1. The van der Waals surface area contributed by atoms with Gasteiger partial charge in [-0.1, -0.05) is 49.4 Å². The maximum absolute atomic E-state index is 12.7. The molecule has 1 saturated heterocycles. The van der Waals surface area contributed by atoms with E-state index in [1.54, 1.807) is 40.0 Å². The van der Waals surface area contributed by atoms with Gasteiger partial charge >= 0.3 is 11.8 Å². The molecule has 2 heterocycles. The van der Waals surface area contributed by atoms with Gasteiger partial charge in [0.05, 0.1) is 5.88 Å². The summed E-state index contributed by atoms with van der Waals surface area (Å²) in [5.74, 6) is 1.51. The number of aromatic nitrogens is 2. The molecule has 1 fully saturated rings. The lowest BCUT2D eigenvalue weighted by Crippen LogP contribution is -2.53. The van der Waals surface area contributed by atoms with Crippen molar-refractivity contribution < 1.29 is 9.59 Å². The van der Waals surface area contributed by atoms with E-state index in [0.717, 1.165) is 28.4 Å². The van der Waals surface area contributed by atoms with Crippen LogP contribution in [0.1, 0.15) is 18.1 Å². The highest BCUT2D eigenvalue weighted by molar-refractivity contribution is 7.99. The van der Waals surface area contributed by atoms with Crippen molar-refractivity contribution in [1.82, 2.24) is 19.8 Å². The SMILES string of the molecule is CCSCN(c1ccc(CN2CCN(Cc3ccccc3)C(=O)C2=O)cc1)c1ncccn1. The van der Waals surface area contributed by atoms with Gasteiger partial charge in [0.1, 0.15) is 0 Å². The highest BCUT2D eigenvalue weighted by atomic mass is 32.2. The Hall–Kier alpha value is -3.39. The first-order chi connectivity index (χ1) is 16.2. The van der Waals surface area contributed by atoms with Crippen molar-refractivity contribution in [3.8, 4) is 0 Å². The van der Waals surface area contributed by atoms with Crippen molar-refractivity contribution >= 4 is 35.2 Å². The van der Waals surface area contributed by atoms with Gasteiger partial charge in [-0.3, -0.25) is 9.59 Å². The Morgan fingerprint density at radius 2 is 1.39 bits per heavy atom. The van der Waals surface area contributed by atoms with Crippen LogP contribution in [0.3, 0.4) is 0 Å². The van der Waals surface area contributed by atoms with Crippen LogP contribution in [0.2, 0.25) is 0 Å². The summed E-state index contributed by atoms with van der Waals surface area (Å²) in [5, 5.41) is 0. The van der Waals surface area contributed by atoms with E-state index in [1.165, 1.54) is 0 Å². The first kappa shape index (κ1) is 22.8. The lowest BCUT2D eigenvalue weighted by molar-refractivity contribution is -0.156. The normalized spacial score (nSPS) is 14.0. The Labute approximate surface area is 198 Å². The zero-order chi connectivity index (χ0) is 23.0. The van der Waals surface area contributed by atoms with Gasteiger partial charge in [-0.15, -0.1) is 11.8 Å². The lowest BCUT2D eigenvalue weighted by Gasteiger charge is -2.34. The highest BCUT2D eigenvalue weighted by Crippen LogP contribution is 2.25. The number of nitrogens with zero attached hydrogens (tertiary/aromatic N) is 5. The summed E-state index contributed by atoms with van der Waals surface area (Å²) in [7, 11) is 0. The van der Waals surface area contributed by atoms with E-state index in [4.69, 9.17) is 0 Å². The lowest BCUT2D eigenvalue weighted by atomic mass is 10.1. The van der Waals surface area contributed by atoms with Gasteiger partial charge in [0.25, 0.3) is 0 Å². The number of carbonyl (C=O) groups excluding carboxylic acids is 2. The summed E-state index contributed by atoms with van der Waals surface area (Å²) in [6, 6.07) is 19.6. The number of rotatable bonds is 9. The summed E-state index contributed by atoms with van der Waals surface area (Å²) >= 11 is 1.79. The molecule has 8 heteroatoms. The van der Waals surface area contributed by atoms with E-state index in [0.29, 0.717) is 32.1 Å². The molecule has 2 aromatic carbocycles. The monoisotopic (exact) mass is 461 g/mol. The van der Waals surface area contributed by atoms with E-state index in [2.05, 4.69) is 21.8 Å². The number of hydrogen-bond donors (Lipinski definition) is 0. The molecule has 2 amide bonds. The van der Waals surface area contributed by atoms with E-state index in [1.807, 2.05) is 54.6 Å². The molecule has 0 bridgehead atoms. The molecule has 7 nitrogen and oxygen atoms in total. The molecule has 0 N–H and O–H groups in total. The van der Waals surface area contributed by atoms with Crippen LogP contribution < -0.4 is 4.90 Å². The number of anilines is 2. The van der Waals surface area contributed by atoms with Gasteiger partial charge in [0.15, 0.2) is 0 Å². The molecule has 1 aromatic heterocycles. The number of carbonyl (C=O) groups is 2. The minimum Gasteiger partial charge on any atom is -0.328 e. The summed E-state index contributed by atoms with van der Waals surface area (Å²) in [6.07, 6.45) is 3.47. The fraction of sp³-hybridized carbons (Fsp3) is 0.280. The largest absolute Gasteiger partial charge is 0.328 e. The third-order valence-electron chi connectivity index (χ3n) is 5.45. The predicted molar refractivity (Wildman–Crippen MR) is 131 cm³/mol. The standard InChI is InChI=1S/C25H27N5O2S/c1-2-33-19-30(25-26-13-6-14-27-25)22-11-9-21(10-12-22)18-29-16-15-28(23(31)24(29)32)17-20-7-4-3-5-8-20/h3-14H,2,15-19H2,1H3. The molecule has 0 atom stereocenters. The third-order valence-corrected chi connectivity index (χ3v) is 6.30. The Balaban J connectivity index is 1.40. The third kappa shape index (κ3) is 5.70. The van der Waals surface area contributed by atoms with E-state index >= 15 is 0 Å². The number of thioether (sulfide) groups is 1. The molecule has 1 aliphatic rings. The van der Waals surface area contributed by atoms with Crippen molar-refractivity contribution in [2.24, 2.45) is 0 Å². The second kappa shape index (κ2) is 11.0. The van der Waals surface area contributed by atoms with Gasteiger partial charge in [0, 0.05) is 44.3 Å². The van der Waals surface area contributed by atoms with Crippen LogP contribution in [0.25, 0.3) is 0 Å². The zero-order valence-electron chi connectivity index (χ0n) is 18.6. The molecule has 0 aliphatic carbocycles. The van der Waals surface area contributed by atoms with Crippen molar-refractivity contribution in [1.29, 1.82) is 0 Å². The summed E-state index contributed by atoms with van der Waals surface area (Å²) < 4.78 is 0. The molecule has 0 unspecified atom stereocenters. The Morgan fingerprint density at radius 1 is 0.818 bits per heavy atom. The van der Waals surface area contributed by atoms with E-state index in [-0.39, 0.29) is 0 Å². The molecule has 0 saturated carbocycles. The first-order valence-electron chi connectivity index (χ1n) is 11.0. The van der Waals surface area contributed by atoms with Gasteiger partial charge in [-0.2, -0.15) is 0 Å². The minimum atomic E-state index is -0.445. The molecule has 170 valence electrons. The summed E-state index contributed by atoms with van der Waals surface area (Å²) in [6.45, 7) is 4.05. The van der Waals surface area contributed by atoms with Gasteiger partial charge < -0.3 is 14.7 Å². The Kier molecular flexibility index (Phi) is 7.57. The maximum atomic E-state index is 12.7. The molecule has 0 spiro atoms. The van der Waals surface area contributed by atoms with Crippen molar-refractivity contribution in [3.63, 3.8) is 0 Å². The number of benzene rings is 2. The van der Waals surface area contributed by atoms with Gasteiger partial charge in [-0.25, -0.2) is 9.97 Å². The predicted octanol–water partition coefficient (Wildman–Crippen LogP) is 3.70. The fourth-order valence-corrected chi connectivity index (χ4v) is 4.31. The van der Waals surface area contributed by atoms with Gasteiger partial charge in [-0.05, 0) is 35.1 Å². The van der Waals surface area contributed by atoms with Crippen LogP contribution >= 0.6 is 11.8 Å². The van der Waals surface area contributed by atoms with Crippen LogP contribution in [0.15, 0.2) is 73.1 Å². The smallest absolute Gasteiger partial charge is 0.312 e. The fourth-order valence-electron chi connectivity index (χ4n) is 3.68. The average Bonchev–Trinajstić information content (AvgIpc) is 2.86. The number of piperazine rings is 1. The molecular weight excluding hydrogens is 434 g/mol. The molecule has 33 heavy (non-hydrogen) atoms. The topological polar surface area (TPSA) is 69.6 Å². The van der Waals surface area contributed by atoms with Crippen molar-refractivity contribution in [3.05, 3.63) is 84.2 Å². The average molecular weight is 462 g/mol. The van der Waals surface area contributed by atoms with E-state index in [9.17, 15) is 9.59 Å². The van der Waals surface area contributed by atoms with Crippen LogP contribution in [0.5, 0.6) is 0 Å². The Bertz CT molecular complexity index is 1060. The summed E-state index contributed by atoms with van der Waals surface area (Å²) in [4.78, 5) is 39.4. The highest BCUT2D eigenvalue weighted by Gasteiger charge is 2.32. The zero-order valence-corrected chi connectivity index (χ0v) is 19.4. The molecular formula is C25H27N5O2S. The second-order valence-corrected chi connectivity index (χ2v) is 8.95. The summed E-state index contributed by atoms with van der Waals surface area (Å²) in [5.41, 5.74) is 2.99. The van der Waals surface area contributed by atoms with Crippen molar-refractivity contribution in [2.45, 2.75) is 20.0 Å². The van der Waals surface area contributed by atoms with Crippen LogP contribution in [0.4, 0.5) is 11.6 Å². The quantitative estimate of drug-likeness (QED) is 0.358. The molecule has 3 aromatic rings. The van der Waals surface area contributed by atoms with Crippen molar-refractivity contribution in [2.75, 3.05) is 29.6 Å². The molecule has 0 radical (unpaired) electrons.